The molecule has 2 rings (SSSR count). The van der Waals surface area contributed by atoms with Crippen molar-refractivity contribution in [2.75, 3.05) is 0 Å². The molecule has 1 atom stereocenters. The van der Waals surface area contributed by atoms with Crippen LogP contribution in [0.4, 0.5) is 0 Å². The van der Waals surface area contributed by atoms with Crippen molar-refractivity contribution < 1.29 is 5.11 Å². The van der Waals surface area contributed by atoms with E-state index in [1.54, 1.807) is 0 Å². The van der Waals surface area contributed by atoms with Gasteiger partial charge in [-0.25, -0.2) is 0 Å². The average molecular weight is 337 g/mol. The summed E-state index contributed by atoms with van der Waals surface area (Å²) in [5.74, 6) is 0. The first-order valence-electron chi connectivity index (χ1n) is 6.88. The second-order valence-electron chi connectivity index (χ2n) is 5.29. The van der Waals surface area contributed by atoms with Gasteiger partial charge in [0.1, 0.15) is 0 Å². The molecule has 1 N–H and O–H groups in total. The number of aliphatic hydroxyl groups is 1. The highest BCUT2D eigenvalue weighted by molar-refractivity contribution is 9.10. The third-order valence-electron chi connectivity index (χ3n) is 3.64. The topological polar surface area (TPSA) is 38.0 Å². The number of hydrogen-bond donors (Lipinski definition) is 1. The lowest BCUT2D eigenvalue weighted by atomic mass is 10.00. The fourth-order valence-electron chi connectivity index (χ4n) is 2.42. The van der Waals surface area contributed by atoms with Crippen molar-refractivity contribution in [3.63, 3.8) is 0 Å². The van der Waals surface area contributed by atoms with E-state index in [0.717, 1.165) is 39.0 Å². The number of aromatic nitrogens is 2. The second-order valence-corrected chi connectivity index (χ2v) is 6.09. The van der Waals surface area contributed by atoms with Crippen molar-refractivity contribution in [2.45, 2.75) is 39.7 Å². The van der Waals surface area contributed by atoms with Gasteiger partial charge in [0.05, 0.1) is 11.8 Å². The van der Waals surface area contributed by atoms with E-state index in [-0.39, 0.29) is 0 Å². The Bertz CT molecular complexity index is 596. The van der Waals surface area contributed by atoms with Crippen LogP contribution in [0, 0.1) is 13.8 Å². The van der Waals surface area contributed by atoms with Crippen molar-refractivity contribution in [3.05, 3.63) is 50.8 Å². The molecule has 20 heavy (non-hydrogen) atoms. The molecule has 0 spiro atoms. The lowest BCUT2D eigenvalue weighted by Crippen LogP contribution is -2.07. The lowest BCUT2D eigenvalue weighted by molar-refractivity contribution is 0.175. The summed E-state index contributed by atoms with van der Waals surface area (Å²) >= 11 is 3.56. The molecule has 0 radical (unpaired) electrons. The molecular weight excluding hydrogens is 316 g/mol. The van der Waals surface area contributed by atoms with Crippen LogP contribution < -0.4 is 0 Å². The third-order valence-corrected chi connectivity index (χ3v) is 4.89. The first-order valence-corrected chi connectivity index (χ1v) is 7.68. The van der Waals surface area contributed by atoms with Crippen LogP contribution in [0.2, 0.25) is 0 Å². The Labute approximate surface area is 128 Å². The van der Waals surface area contributed by atoms with E-state index >= 15 is 0 Å². The molecular formula is C16H21BrN2O. The van der Waals surface area contributed by atoms with Gasteiger partial charge in [-0.3, -0.25) is 4.68 Å². The highest BCUT2D eigenvalue weighted by Gasteiger charge is 2.14. The maximum absolute atomic E-state index is 10.5. The van der Waals surface area contributed by atoms with Crippen LogP contribution in [-0.2, 0) is 19.9 Å². The molecule has 0 amide bonds. The molecule has 0 aliphatic carbocycles. The zero-order valence-corrected chi connectivity index (χ0v) is 14.0. The summed E-state index contributed by atoms with van der Waals surface area (Å²) < 4.78 is 2.97. The van der Waals surface area contributed by atoms with Crippen molar-refractivity contribution in [2.24, 2.45) is 7.05 Å². The van der Waals surface area contributed by atoms with Gasteiger partial charge in [-0.2, -0.15) is 5.10 Å². The monoisotopic (exact) mass is 336 g/mol. The molecule has 1 heterocycles. The second kappa shape index (κ2) is 6.10. The molecule has 108 valence electrons. The van der Waals surface area contributed by atoms with Gasteiger partial charge in [0.25, 0.3) is 0 Å². The molecule has 1 aromatic heterocycles. The number of halogens is 1. The fraction of sp³-hybridized carbons (Fsp3) is 0.438. The largest absolute Gasteiger partial charge is 0.388 e. The van der Waals surface area contributed by atoms with E-state index in [9.17, 15) is 5.11 Å². The average Bonchev–Trinajstić information content (AvgIpc) is 2.76. The lowest BCUT2D eigenvalue weighted by Gasteiger charge is -2.14. The van der Waals surface area contributed by atoms with Crippen molar-refractivity contribution in [3.8, 4) is 0 Å². The molecule has 4 heteroatoms. The van der Waals surface area contributed by atoms with E-state index in [0.29, 0.717) is 6.42 Å². The summed E-state index contributed by atoms with van der Waals surface area (Å²) in [6.07, 6.45) is 1.00. The van der Waals surface area contributed by atoms with Crippen molar-refractivity contribution in [1.29, 1.82) is 0 Å². The number of hydrogen-bond acceptors (Lipinski definition) is 2. The Morgan fingerprint density at radius 1 is 1.25 bits per heavy atom. The van der Waals surface area contributed by atoms with E-state index in [1.807, 2.05) is 37.7 Å². The number of aliphatic hydroxyl groups excluding tert-OH is 1. The van der Waals surface area contributed by atoms with E-state index < -0.39 is 6.10 Å². The number of benzene rings is 1. The van der Waals surface area contributed by atoms with Crippen LogP contribution in [-0.4, -0.2) is 14.9 Å². The first kappa shape index (κ1) is 15.3. The minimum absolute atomic E-state index is 0.499. The summed E-state index contributed by atoms with van der Waals surface area (Å²) in [5.41, 5.74) is 5.39. The Kier molecular flexibility index (Phi) is 4.66. The minimum atomic E-state index is -0.499. The highest BCUT2D eigenvalue weighted by Crippen LogP contribution is 2.27. The molecule has 0 saturated carbocycles. The number of aryl methyl sites for hydroxylation is 4. The maximum atomic E-state index is 10.5. The smallest absolute Gasteiger partial charge is 0.0845 e. The molecule has 0 bridgehead atoms. The van der Waals surface area contributed by atoms with Crippen molar-refractivity contribution >= 4 is 15.9 Å². The fourth-order valence-corrected chi connectivity index (χ4v) is 2.65. The molecule has 1 aromatic carbocycles. The van der Waals surface area contributed by atoms with E-state index in [4.69, 9.17) is 0 Å². The van der Waals surface area contributed by atoms with Gasteiger partial charge in [0, 0.05) is 23.6 Å². The predicted octanol–water partition coefficient (Wildman–Crippen LogP) is 3.64. The van der Waals surface area contributed by atoms with E-state index in [2.05, 4.69) is 34.0 Å². The number of rotatable bonds is 4. The standard InChI is InChI=1S/C16H21BrN2O/c1-5-13-8-14(19(4)18-13)9-15(20)12-6-10(2)16(17)11(3)7-12/h6-8,15,20H,5,9H2,1-4H3. The van der Waals surface area contributed by atoms with Crippen LogP contribution in [0.15, 0.2) is 22.7 Å². The minimum Gasteiger partial charge on any atom is -0.388 e. The summed E-state index contributed by atoms with van der Waals surface area (Å²) in [4.78, 5) is 0. The van der Waals surface area contributed by atoms with Crippen molar-refractivity contribution in [1.82, 2.24) is 9.78 Å². The SMILES string of the molecule is CCc1cc(CC(O)c2cc(C)c(Br)c(C)c2)n(C)n1. The van der Waals surface area contributed by atoms with Crippen LogP contribution in [0.1, 0.15) is 41.1 Å². The van der Waals surface area contributed by atoms with Gasteiger partial charge in [0.15, 0.2) is 0 Å². The molecule has 0 aliphatic heterocycles. The summed E-state index contributed by atoms with van der Waals surface area (Å²) in [6.45, 7) is 6.18. The van der Waals surface area contributed by atoms with Gasteiger partial charge in [0.2, 0.25) is 0 Å². The molecule has 0 saturated heterocycles. The maximum Gasteiger partial charge on any atom is 0.0845 e. The Balaban J connectivity index is 2.23. The Morgan fingerprint density at radius 3 is 2.35 bits per heavy atom. The Hall–Kier alpha value is -1.13. The Morgan fingerprint density at radius 2 is 1.85 bits per heavy atom. The van der Waals surface area contributed by atoms with Crippen LogP contribution in [0.3, 0.4) is 0 Å². The third kappa shape index (κ3) is 3.13. The molecule has 1 unspecified atom stereocenters. The summed E-state index contributed by atoms with van der Waals surface area (Å²) in [6, 6.07) is 6.15. The zero-order chi connectivity index (χ0) is 14.9. The van der Waals surface area contributed by atoms with Gasteiger partial charge in [-0.1, -0.05) is 35.0 Å². The summed E-state index contributed by atoms with van der Waals surface area (Å²) in [5, 5.41) is 14.9. The molecule has 0 fully saturated rings. The number of nitrogens with zero attached hydrogens (tertiary/aromatic N) is 2. The quantitative estimate of drug-likeness (QED) is 0.925. The van der Waals surface area contributed by atoms with E-state index in [1.165, 1.54) is 0 Å². The van der Waals surface area contributed by atoms with Crippen LogP contribution >= 0.6 is 15.9 Å². The first-order chi connectivity index (χ1) is 9.42. The summed E-state index contributed by atoms with van der Waals surface area (Å²) in [7, 11) is 1.93. The molecule has 2 aromatic rings. The van der Waals surface area contributed by atoms with Gasteiger partial charge in [-0.15, -0.1) is 0 Å². The molecule has 3 nitrogen and oxygen atoms in total. The van der Waals surface area contributed by atoms with Crippen LogP contribution in [0.5, 0.6) is 0 Å². The zero-order valence-electron chi connectivity index (χ0n) is 12.4. The van der Waals surface area contributed by atoms with Crippen LogP contribution in [0.25, 0.3) is 0 Å². The van der Waals surface area contributed by atoms with Gasteiger partial charge >= 0.3 is 0 Å². The van der Waals surface area contributed by atoms with Gasteiger partial charge < -0.3 is 5.11 Å². The normalized spacial score (nSPS) is 12.7. The highest BCUT2D eigenvalue weighted by atomic mass is 79.9. The predicted molar refractivity (Wildman–Crippen MR) is 84.9 cm³/mol. The van der Waals surface area contributed by atoms with Gasteiger partial charge in [-0.05, 0) is 43.0 Å². The molecule has 0 aliphatic rings.